The number of carbonyl (C=O) groups excluding carboxylic acids is 1. The van der Waals surface area contributed by atoms with Gasteiger partial charge >= 0.3 is 0 Å². The number of nitrogens with one attached hydrogen (secondary N) is 2. The molecule has 0 spiro atoms. The molecule has 1 amide bonds. The number of piperidine rings is 1. The lowest BCUT2D eigenvalue weighted by atomic mass is 9.80. The van der Waals surface area contributed by atoms with Gasteiger partial charge in [0, 0.05) is 19.3 Å². The highest BCUT2D eigenvalue weighted by Crippen LogP contribution is 2.29. The third-order valence-corrected chi connectivity index (χ3v) is 4.31. The third kappa shape index (κ3) is 3.51. The van der Waals surface area contributed by atoms with Crippen molar-refractivity contribution in [2.75, 3.05) is 39.0 Å². The van der Waals surface area contributed by atoms with Gasteiger partial charge in [0.25, 0.3) is 5.91 Å². The minimum Gasteiger partial charge on any atom is -0.387 e. The van der Waals surface area contributed by atoms with Crippen molar-refractivity contribution < 1.29 is 4.79 Å². The molecule has 0 atom stereocenters. The lowest BCUT2D eigenvalue weighted by Gasteiger charge is -2.38. The maximum Gasteiger partial charge on any atom is 0.253 e. The lowest BCUT2D eigenvalue weighted by Crippen LogP contribution is -2.43. The predicted octanol–water partition coefficient (Wildman–Crippen LogP) is 2.19. The highest BCUT2D eigenvalue weighted by atomic mass is 16.1. The van der Waals surface area contributed by atoms with Crippen molar-refractivity contribution in [2.24, 2.45) is 5.41 Å². The second kappa shape index (κ2) is 6.27. The Labute approximate surface area is 121 Å². The summed E-state index contributed by atoms with van der Waals surface area (Å²) in [5.74, 6) is 0.00935. The zero-order chi connectivity index (χ0) is 14.6. The van der Waals surface area contributed by atoms with Crippen LogP contribution < -0.4 is 10.6 Å². The number of nitrogens with zero attached hydrogens (tertiary/aromatic N) is 1. The van der Waals surface area contributed by atoms with Gasteiger partial charge < -0.3 is 15.5 Å². The molecule has 20 heavy (non-hydrogen) atoms. The molecule has 1 aliphatic heterocycles. The van der Waals surface area contributed by atoms with E-state index >= 15 is 0 Å². The van der Waals surface area contributed by atoms with Crippen molar-refractivity contribution >= 4 is 11.6 Å². The Bertz CT molecular complexity index is 465. The van der Waals surface area contributed by atoms with Crippen LogP contribution in [0.5, 0.6) is 0 Å². The van der Waals surface area contributed by atoms with Crippen LogP contribution in [0.15, 0.2) is 24.3 Å². The number of benzene rings is 1. The standard InChI is InChI=1S/C16H25N3O/c1-16(8-10-19(3)11-9-16)12-18-15(20)13-6-4-5-7-14(13)17-2/h4-7,17H,8-12H2,1-3H3,(H,18,20). The van der Waals surface area contributed by atoms with Crippen LogP contribution in [0.25, 0.3) is 0 Å². The molecule has 1 saturated heterocycles. The van der Waals surface area contributed by atoms with Gasteiger partial charge in [-0.25, -0.2) is 0 Å². The Morgan fingerprint density at radius 1 is 1.30 bits per heavy atom. The summed E-state index contributed by atoms with van der Waals surface area (Å²) >= 11 is 0. The fraction of sp³-hybridized carbons (Fsp3) is 0.562. The quantitative estimate of drug-likeness (QED) is 0.885. The van der Waals surface area contributed by atoms with Gasteiger partial charge in [0.2, 0.25) is 0 Å². The summed E-state index contributed by atoms with van der Waals surface area (Å²) < 4.78 is 0. The van der Waals surface area contributed by atoms with Crippen LogP contribution in [0, 0.1) is 5.41 Å². The number of para-hydroxylation sites is 1. The Kier molecular flexibility index (Phi) is 4.65. The summed E-state index contributed by atoms with van der Waals surface area (Å²) in [6.45, 7) is 5.24. The normalized spacial score (nSPS) is 18.6. The highest BCUT2D eigenvalue weighted by Gasteiger charge is 2.29. The number of amides is 1. The van der Waals surface area contributed by atoms with Gasteiger partial charge in [-0.2, -0.15) is 0 Å². The van der Waals surface area contributed by atoms with E-state index in [1.54, 1.807) is 0 Å². The molecule has 1 aromatic rings. The maximum atomic E-state index is 12.3. The smallest absolute Gasteiger partial charge is 0.253 e. The van der Waals surface area contributed by atoms with E-state index in [1.165, 1.54) is 0 Å². The van der Waals surface area contributed by atoms with Gasteiger partial charge in [0.15, 0.2) is 0 Å². The monoisotopic (exact) mass is 275 g/mol. The topological polar surface area (TPSA) is 44.4 Å². The first-order valence-corrected chi connectivity index (χ1v) is 7.28. The van der Waals surface area contributed by atoms with E-state index in [9.17, 15) is 4.79 Å². The highest BCUT2D eigenvalue weighted by molar-refractivity contribution is 5.99. The first-order valence-electron chi connectivity index (χ1n) is 7.28. The van der Waals surface area contributed by atoms with Gasteiger partial charge in [-0.05, 0) is 50.5 Å². The molecule has 0 radical (unpaired) electrons. The second-order valence-corrected chi connectivity index (χ2v) is 6.09. The van der Waals surface area contributed by atoms with E-state index in [0.717, 1.165) is 38.2 Å². The van der Waals surface area contributed by atoms with Crippen LogP contribution in [0.2, 0.25) is 0 Å². The van der Waals surface area contributed by atoms with Crippen LogP contribution in [0.1, 0.15) is 30.1 Å². The van der Waals surface area contributed by atoms with Gasteiger partial charge in [-0.1, -0.05) is 19.1 Å². The average Bonchev–Trinajstić information content (AvgIpc) is 2.48. The molecule has 4 heteroatoms. The molecule has 1 aliphatic rings. The molecule has 1 aromatic carbocycles. The summed E-state index contributed by atoms with van der Waals surface area (Å²) in [4.78, 5) is 14.7. The fourth-order valence-electron chi connectivity index (χ4n) is 2.62. The molecule has 1 fully saturated rings. The van der Waals surface area contributed by atoms with Crippen LogP contribution in [0.3, 0.4) is 0 Å². The zero-order valence-corrected chi connectivity index (χ0v) is 12.7. The number of anilines is 1. The van der Waals surface area contributed by atoms with Crippen molar-refractivity contribution in [2.45, 2.75) is 19.8 Å². The molecule has 0 aliphatic carbocycles. The van der Waals surface area contributed by atoms with Gasteiger partial charge in [0.1, 0.15) is 0 Å². The molecule has 2 rings (SSSR count). The molecule has 110 valence electrons. The lowest BCUT2D eigenvalue weighted by molar-refractivity contribution is 0.0892. The summed E-state index contributed by atoms with van der Waals surface area (Å²) in [5.41, 5.74) is 1.81. The number of hydrogen-bond acceptors (Lipinski definition) is 3. The molecule has 0 aromatic heterocycles. The molecule has 4 nitrogen and oxygen atoms in total. The Morgan fingerprint density at radius 2 is 1.95 bits per heavy atom. The van der Waals surface area contributed by atoms with Crippen LogP contribution in [-0.4, -0.2) is 44.5 Å². The Morgan fingerprint density at radius 3 is 2.60 bits per heavy atom. The maximum absolute atomic E-state index is 12.3. The van der Waals surface area contributed by atoms with E-state index in [2.05, 4.69) is 29.5 Å². The van der Waals surface area contributed by atoms with E-state index in [1.807, 2.05) is 31.3 Å². The van der Waals surface area contributed by atoms with E-state index in [-0.39, 0.29) is 11.3 Å². The van der Waals surface area contributed by atoms with Gasteiger partial charge in [-0.15, -0.1) is 0 Å². The van der Waals surface area contributed by atoms with Crippen molar-refractivity contribution in [3.63, 3.8) is 0 Å². The molecular formula is C16H25N3O. The van der Waals surface area contributed by atoms with Crippen molar-refractivity contribution in [1.29, 1.82) is 0 Å². The largest absolute Gasteiger partial charge is 0.387 e. The zero-order valence-electron chi connectivity index (χ0n) is 12.7. The summed E-state index contributed by atoms with van der Waals surface area (Å²) in [6, 6.07) is 7.61. The van der Waals surface area contributed by atoms with Crippen molar-refractivity contribution in [1.82, 2.24) is 10.2 Å². The Balaban J connectivity index is 1.95. The average molecular weight is 275 g/mol. The van der Waals surface area contributed by atoms with E-state index in [0.29, 0.717) is 5.56 Å². The number of hydrogen-bond donors (Lipinski definition) is 2. The first kappa shape index (κ1) is 14.9. The number of carbonyl (C=O) groups is 1. The first-order chi connectivity index (χ1) is 9.54. The molecule has 0 unspecified atom stereocenters. The summed E-state index contributed by atoms with van der Waals surface area (Å²) in [5, 5.41) is 6.16. The number of rotatable bonds is 4. The van der Waals surface area contributed by atoms with Gasteiger partial charge in [0.05, 0.1) is 5.56 Å². The molecular weight excluding hydrogens is 250 g/mol. The summed E-state index contributed by atoms with van der Waals surface area (Å²) in [6.07, 6.45) is 2.27. The minimum atomic E-state index is 0.00935. The van der Waals surface area contributed by atoms with Crippen LogP contribution >= 0.6 is 0 Å². The summed E-state index contributed by atoms with van der Waals surface area (Å²) in [7, 11) is 3.99. The van der Waals surface area contributed by atoms with Crippen molar-refractivity contribution in [3.05, 3.63) is 29.8 Å². The van der Waals surface area contributed by atoms with Crippen LogP contribution in [-0.2, 0) is 0 Å². The SMILES string of the molecule is CNc1ccccc1C(=O)NCC1(C)CCN(C)CC1. The van der Waals surface area contributed by atoms with E-state index in [4.69, 9.17) is 0 Å². The second-order valence-electron chi connectivity index (χ2n) is 6.09. The number of likely N-dealkylation sites (tertiary alicyclic amines) is 1. The van der Waals surface area contributed by atoms with Gasteiger partial charge in [-0.3, -0.25) is 4.79 Å². The molecule has 0 saturated carbocycles. The molecule has 2 N–H and O–H groups in total. The molecule has 1 heterocycles. The molecule has 0 bridgehead atoms. The Hall–Kier alpha value is -1.55. The van der Waals surface area contributed by atoms with Crippen molar-refractivity contribution in [3.8, 4) is 0 Å². The minimum absolute atomic E-state index is 0.00935. The predicted molar refractivity (Wildman–Crippen MR) is 83.2 cm³/mol. The van der Waals surface area contributed by atoms with E-state index < -0.39 is 0 Å². The van der Waals surface area contributed by atoms with Crippen LogP contribution in [0.4, 0.5) is 5.69 Å². The third-order valence-electron chi connectivity index (χ3n) is 4.31. The fourth-order valence-corrected chi connectivity index (χ4v) is 2.62.